The molecule has 7 heteroatoms. The Labute approximate surface area is 231 Å². The molecule has 39 heavy (non-hydrogen) atoms. The molecule has 2 heterocycles. The topological polar surface area (TPSA) is 69.9 Å². The minimum Gasteiger partial charge on any atom is -0.493 e. The van der Waals surface area contributed by atoms with Crippen LogP contribution in [0, 0.1) is 6.92 Å². The maximum absolute atomic E-state index is 14.1. The highest BCUT2D eigenvalue weighted by molar-refractivity contribution is 7.07. The predicted octanol–water partition coefficient (Wildman–Crippen LogP) is 5.44. The summed E-state index contributed by atoms with van der Waals surface area (Å²) >= 11 is 1.32. The fourth-order valence-corrected chi connectivity index (χ4v) is 5.89. The summed E-state index contributed by atoms with van der Waals surface area (Å²) in [5, 5.41) is 2.08. The molecule has 0 N–H and O–H groups in total. The Morgan fingerprint density at radius 1 is 1.05 bits per heavy atom. The number of unbranched alkanes of at least 4 members (excludes halogenated alkanes) is 1. The highest BCUT2D eigenvalue weighted by atomic mass is 32.1. The number of nitrogens with zero attached hydrogens (tertiary/aromatic N) is 2. The smallest absolute Gasteiger partial charge is 0.338 e. The zero-order chi connectivity index (χ0) is 27.5. The molecule has 1 aromatic heterocycles. The van der Waals surface area contributed by atoms with E-state index in [1.807, 2.05) is 67.6 Å². The third kappa shape index (κ3) is 5.19. The second-order valence-corrected chi connectivity index (χ2v) is 10.6. The summed E-state index contributed by atoms with van der Waals surface area (Å²) in [5.74, 6) is 0.283. The van der Waals surface area contributed by atoms with Crippen LogP contribution in [-0.2, 0) is 9.53 Å². The number of aromatic nitrogens is 1. The normalized spacial score (nSPS) is 15.3. The minimum atomic E-state index is -0.629. The standard InChI is InChI=1S/C32H32N2O4S/c1-5-7-18-38-26-17-16-22-10-8-9-11-24(22)25(26)19-27-30(35)34-29(23-14-12-20(3)13-15-23)28(31(36)37-6-2)21(4)33-32(34)39-27/h8-17,19,29H,5-7,18H2,1-4H3/b27-19+/t29-/m0/s1. The maximum Gasteiger partial charge on any atom is 0.338 e. The summed E-state index contributed by atoms with van der Waals surface area (Å²) in [4.78, 5) is 32.4. The average Bonchev–Trinajstić information content (AvgIpc) is 3.23. The van der Waals surface area contributed by atoms with Crippen LogP contribution in [0.5, 0.6) is 5.75 Å². The first kappa shape index (κ1) is 26.6. The lowest BCUT2D eigenvalue weighted by Crippen LogP contribution is -2.39. The fraction of sp³-hybridized carbons (Fsp3) is 0.281. The maximum atomic E-state index is 14.1. The van der Waals surface area contributed by atoms with E-state index in [2.05, 4.69) is 13.0 Å². The molecule has 6 nitrogen and oxygen atoms in total. The van der Waals surface area contributed by atoms with Crippen LogP contribution in [0.15, 0.2) is 81.7 Å². The lowest BCUT2D eigenvalue weighted by molar-refractivity contribution is -0.139. The van der Waals surface area contributed by atoms with Gasteiger partial charge in [0.05, 0.1) is 35.1 Å². The summed E-state index contributed by atoms with van der Waals surface area (Å²) in [7, 11) is 0. The Hall–Kier alpha value is -3.97. The Morgan fingerprint density at radius 3 is 2.56 bits per heavy atom. The number of hydrogen-bond donors (Lipinski definition) is 0. The van der Waals surface area contributed by atoms with E-state index in [0.717, 1.165) is 46.1 Å². The van der Waals surface area contributed by atoms with E-state index in [4.69, 9.17) is 14.5 Å². The lowest BCUT2D eigenvalue weighted by atomic mass is 9.95. The van der Waals surface area contributed by atoms with E-state index in [-0.39, 0.29) is 12.2 Å². The molecule has 1 atom stereocenters. The molecule has 0 fully saturated rings. The first-order valence-corrected chi connectivity index (χ1v) is 14.1. The Morgan fingerprint density at radius 2 is 1.82 bits per heavy atom. The first-order valence-electron chi connectivity index (χ1n) is 13.3. The predicted molar refractivity (Wildman–Crippen MR) is 156 cm³/mol. The molecule has 0 unspecified atom stereocenters. The summed E-state index contributed by atoms with van der Waals surface area (Å²) in [6.45, 7) is 8.55. The average molecular weight is 541 g/mol. The molecular formula is C32H32N2O4S. The van der Waals surface area contributed by atoms with E-state index < -0.39 is 12.0 Å². The van der Waals surface area contributed by atoms with Crippen molar-refractivity contribution in [1.29, 1.82) is 0 Å². The van der Waals surface area contributed by atoms with Crippen LogP contribution in [0.2, 0.25) is 0 Å². The van der Waals surface area contributed by atoms with Crippen LogP contribution in [0.4, 0.5) is 0 Å². The van der Waals surface area contributed by atoms with Gasteiger partial charge in [0.25, 0.3) is 5.56 Å². The molecule has 0 saturated heterocycles. The van der Waals surface area contributed by atoms with Gasteiger partial charge in [0.15, 0.2) is 4.80 Å². The van der Waals surface area contributed by atoms with Crippen LogP contribution in [-0.4, -0.2) is 23.8 Å². The number of fused-ring (bicyclic) bond motifs is 2. The number of rotatable bonds is 8. The largest absolute Gasteiger partial charge is 0.493 e. The molecule has 3 aromatic carbocycles. The molecule has 0 radical (unpaired) electrons. The van der Waals surface area contributed by atoms with Crippen molar-refractivity contribution in [3.63, 3.8) is 0 Å². The molecular weight excluding hydrogens is 508 g/mol. The summed E-state index contributed by atoms with van der Waals surface area (Å²) in [5.41, 5.74) is 3.53. The van der Waals surface area contributed by atoms with Gasteiger partial charge >= 0.3 is 5.97 Å². The van der Waals surface area contributed by atoms with Crippen LogP contribution in [0.3, 0.4) is 0 Å². The van der Waals surface area contributed by atoms with E-state index in [1.165, 1.54) is 11.3 Å². The number of benzene rings is 3. The highest BCUT2D eigenvalue weighted by Gasteiger charge is 2.33. The number of esters is 1. The van der Waals surface area contributed by atoms with Gasteiger partial charge in [0.2, 0.25) is 0 Å². The van der Waals surface area contributed by atoms with E-state index in [9.17, 15) is 9.59 Å². The summed E-state index contributed by atoms with van der Waals surface area (Å²) in [6.07, 6.45) is 3.88. The van der Waals surface area contributed by atoms with Crippen molar-refractivity contribution in [1.82, 2.24) is 4.57 Å². The van der Waals surface area contributed by atoms with Crippen molar-refractivity contribution in [3.05, 3.63) is 108 Å². The molecule has 200 valence electrons. The van der Waals surface area contributed by atoms with Crippen LogP contribution in [0.1, 0.15) is 56.3 Å². The van der Waals surface area contributed by atoms with Gasteiger partial charge in [-0.15, -0.1) is 0 Å². The van der Waals surface area contributed by atoms with Crippen LogP contribution in [0.25, 0.3) is 16.8 Å². The molecule has 1 aliphatic rings. The van der Waals surface area contributed by atoms with E-state index in [1.54, 1.807) is 18.4 Å². The van der Waals surface area contributed by atoms with Crippen molar-refractivity contribution in [2.75, 3.05) is 13.2 Å². The van der Waals surface area contributed by atoms with Gasteiger partial charge in [-0.25, -0.2) is 9.79 Å². The molecule has 1 aliphatic heterocycles. The van der Waals surface area contributed by atoms with Gasteiger partial charge < -0.3 is 9.47 Å². The monoisotopic (exact) mass is 540 g/mol. The number of carbonyl (C=O) groups is 1. The van der Waals surface area contributed by atoms with Crippen LogP contribution >= 0.6 is 11.3 Å². The summed E-state index contributed by atoms with van der Waals surface area (Å²) in [6, 6.07) is 19.4. The molecule has 0 amide bonds. The molecule has 4 aromatic rings. The SMILES string of the molecule is CCCCOc1ccc2ccccc2c1/C=c1/sc2n(c1=O)[C@@H](c1ccc(C)cc1)C(C(=O)OCC)=C(C)N=2. The number of thiazole rings is 1. The number of aryl methyl sites for hydroxylation is 1. The minimum absolute atomic E-state index is 0.203. The number of ether oxygens (including phenoxy) is 2. The van der Waals surface area contributed by atoms with Gasteiger partial charge in [-0.2, -0.15) is 0 Å². The van der Waals surface area contributed by atoms with Crippen molar-refractivity contribution in [3.8, 4) is 5.75 Å². The van der Waals surface area contributed by atoms with Gasteiger partial charge in [0, 0.05) is 5.56 Å². The van der Waals surface area contributed by atoms with Gasteiger partial charge in [-0.3, -0.25) is 9.36 Å². The number of allylic oxidation sites excluding steroid dienone is 1. The fourth-order valence-electron chi connectivity index (χ4n) is 4.86. The Kier molecular flexibility index (Phi) is 7.79. The van der Waals surface area contributed by atoms with Gasteiger partial charge in [0.1, 0.15) is 5.75 Å². The third-order valence-corrected chi connectivity index (χ3v) is 7.85. The van der Waals surface area contributed by atoms with Gasteiger partial charge in [-0.05, 0) is 55.7 Å². The van der Waals surface area contributed by atoms with Crippen molar-refractivity contribution >= 4 is 34.2 Å². The van der Waals surface area contributed by atoms with Crippen molar-refractivity contribution in [2.45, 2.75) is 46.6 Å². The zero-order valence-corrected chi connectivity index (χ0v) is 23.5. The molecule has 0 bridgehead atoms. The number of hydrogen-bond acceptors (Lipinski definition) is 6. The van der Waals surface area contributed by atoms with E-state index in [0.29, 0.717) is 27.2 Å². The van der Waals surface area contributed by atoms with E-state index >= 15 is 0 Å². The van der Waals surface area contributed by atoms with Crippen molar-refractivity contribution in [2.24, 2.45) is 4.99 Å². The Balaban J connectivity index is 1.73. The molecule has 0 spiro atoms. The second kappa shape index (κ2) is 11.4. The van der Waals surface area contributed by atoms with Crippen LogP contribution < -0.4 is 19.6 Å². The quantitative estimate of drug-likeness (QED) is 0.221. The van der Waals surface area contributed by atoms with Crippen molar-refractivity contribution < 1.29 is 14.3 Å². The Bertz CT molecular complexity index is 1750. The van der Waals surface area contributed by atoms with Gasteiger partial charge in [-0.1, -0.05) is 84.8 Å². The molecule has 0 saturated carbocycles. The number of carbonyl (C=O) groups excluding carboxylic acids is 1. The molecule has 0 aliphatic carbocycles. The lowest BCUT2D eigenvalue weighted by Gasteiger charge is -2.24. The molecule has 5 rings (SSSR count). The first-order chi connectivity index (χ1) is 18.9. The summed E-state index contributed by atoms with van der Waals surface area (Å²) < 4.78 is 13.7. The third-order valence-electron chi connectivity index (χ3n) is 6.87. The highest BCUT2D eigenvalue weighted by Crippen LogP contribution is 2.32. The zero-order valence-electron chi connectivity index (χ0n) is 22.7. The second-order valence-electron chi connectivity index (χ2n) is 9.61.